The van der Waals surface area contributed by atoms with Gasteiger partial charge >= 0.3 is 12.1 Å². The average molecular weight is 635 g/mol. The molecule has 10 nitrogen and oxygen atoms in total. The standard InChI is InChI=1S/C29H29Cl2N3O7S/c1-29(13-6-14-34(29)42(39,40)24-17-20(30)16-21(31)18-24)27(37)32-25(26(35)36)15-19-9-11-23(12-10-19)41-28(38)33(2)22-7-4-3-5-8-22/h3-5,7-12,16-18,25H,6,13-15H2,1-2H3,(H,32,37)(H,35,36)/t25?,29-/m0/s1. The lowest BCUT2D eigenvalue weighted by Gasteiger charge is -2.34. The van der Waals surface area contributed by atoms with Crippen molar-refractivity contribution in [1.29, 1.82) is 0 Å². The lowest BCUT2D eigenvalue weighted by Crippen LogP contribution is -2.58. The second-order valence-electron chi connectivity index (χ2n) is 10.0. The summed E-state index contributed by atoms with van der Waals surface area (Å²) in [5.74, 6) is -1.78. The quantitative estimate of drug-likeness (QED) is 0.339. The summed E-state index contributed by atoms with van der Waals surface area (Å²) in [6, 6.07) is 17.7. The molecular formula is C29H29Cl2N3O7S. The Hall–Kier alpha value is -3.64. The maximum absolute atomic E-state index is 13.5. The normalized spacial score (nSPS) is 17.8. The molecule has 1 unspecified atom stereocenters. The van der Waals surface area contributed by atoms with Crippen LogP contribution in [0.1, 0.15) is 25.3 Å². The number of benzene rings is 3. The number of nitrogens with one attached hydrogen (secondary N) is 1. The number of aliphatic carboxylic acids is 1. The van der Waals surface area contributed by atoms with Crippen LogP contribution in [-0.2, 0) is 26.0 Å². The van der Waals surface area contributed by atoms with E-state index in [0.29, 0.717) is 17.7 Å². The second-order valence-corrected chi connectivity index (χ2v) is 12.8. The molecule has 0 aliphatic carbocycles. The largest absolute Gasteiger partial charge is 0.480 e. The van der Waals surface area contributed by atoms with Crippen molar-refractivity contribution >= 4 is 56.9 Å². The molecule has 1 aliphatic rings. The predicted molar refractivity (Wildman–Crippen MR) is 159 cm³/mol. The van der Waals surface area contributed by atoms with Gasteiger partial charge in [0.25, 0.3) is 0 Å². The fourth-order valence-electron chi connectivity index (χ4n) is 4.72. The predicted octanol–water partition coefficient (Wildman–Crippen LogP) is 4.98. The number of nitrogens with zero attached hydrogens (tertiary/aromatic N) is 2. The molecule has 1 saturated heterocycles. The summed E-state index contributed by atoms with van der Waals surface area (Å²) in [6.45, 7) is 1.53. The highest BCUT2D eigenvalue weighted by Gasteiger charge is 2.50. The molecule has 0 radical (unpaired) electrons. The summed E-state index contributed by atoms with van der Waals surface area (Å²) >= 11 is 12.0. The molecule has 1 fully saturated rings. The Morgan fingerprint density at radius 1 is 1.05 bits per heavy atom. The maximum Gasteiger partial charge on any atom is 0.419 e. The highest BCUT2D eigenvalue weighted by molar-refractivity contribution is 7.89. The topological polar surface area (TPSA) is 133 Å². The number of carboxylic acids is 1. The number of para-hydroxylation sites is 1. The van der Waals surface area contributed by atoms with E-state index in [1.807, 2.05) is 6.07 Å². The number of ether oxygens (including phenoxy) is 1. The Balaban J connectivity index is 1.45. The van der Waals surface area contributed by atoms with E-state index >= 15 is 0 Å². The number of sulfonamides is 1. The fraction of sp³-hybridized carbons (Fsp3) is 0.276. The van der Waals surface area contributed by atoms with Crippen LogP contribution in [0.25, 0.3) is 0 Å². The molecule has 42 heavy (non-hydrogen) atoms. The van der Waals surface area contributed by atoms with E-state index in [1.165, 1.54) is 42.2 Å². The van der Waals surface area contributed by atoms with E-state index in [9.17, 15) is 27.9 Å². The van der Waals surface area contributed by atoms with Gasteiger partial charge in [0.15, 0.2) is 0 Å². The highest BCUT2D eigenvalue weighted by atomic mass is 35.5. The summed E-state index contributed by atoms with van der Waals surface area (Å²) < 4.78 is 33.4. The van der Waals surface area contributed by atoms with Crippen LogP contribution in [0.15, 0.2) is 77.7 Å². The Labute approximate surface area is 253 Å². The zero-order valence-electron chi connectivity index (χ0n) is 22.8. The molecule has 1 heterocycles. The first-order valence-electron chi connectivity index (χ1n) is 12.9. The van der Waals surface area contributed by atoms with E-state index in [-0.39, 0.29) is 40.1 Å². The van der Waals surface area contributed by atoms with Gasteiger partial charge in [-0.2, -0.15) is 4.31 Å². The summed E-state index contributed by atoms with van der Waals surface area (Å²) in [6.07, 6.45) is -0.106. The summed E-state index contributed by atoms with van der Waals surface area (Å²) in [7, 11) is -2.60. The van der Waals surface area contributed by atoms with Gasteiger partial charge < -0.3 is 15.2 Å². The Kier molecular flexibility index (Phi) is 9.47. The van der Waals surface area contributed by atoms with Crippen molar-refractivity contribution in [2.24, 2.45) is 0 Å². The van der Waals surface area contributed by atoms with Gasteiger partial charge in [0.2, 0.25) is 15.9 Å². The van der Waals surface area contributed by atoms with Crippen LogP contribution in [0.5, 0.6) is 5.75 Å². The summed E-state index contributed by atoms with van der Waals surface area (Å²) in [4.78, 5) is 39.2. The number of amides is 2. The molecule has 3 aromatic carbocycles. The zero-order valence-corrected chi connectivity index (χ0v) is 25.1. The van der Waals surface area contributed by atoms with E-state index < -0.39 is 39.6 Å². The average Bonchev–Trinajstić information content (AvgIpc) is 3.36. The lowest BCUT2D eigenvalue weighted by atomic mass is 9.97. The maximum atomic E-state index is 13.5. The van der Waals surface area contributed by atoms with E-state index in [4.69, 9.17) is 27.9 Å². The first-order valence-corrected chi connectivity index (χ1v) is 15.1. The molecule has 3 aromatic rings. The van der Waals surface area contributed by atoms with Crippen LogP contribution in [-0.4, -0.2) is 61.0 Å². The van der Waals surface area contributed by atoms with Crippen LogP contribution in [0.4, 0.5) is 10.5 Å². The number of carbonyl (C=O) groups excluding carboxylic acids is 2. The molecule has 2 amide bonds. The Bertz CT molecular complexity index is 1570. The number of carbonyl (C=O) groups is 3. The van der Waals surface area contributed by atoms with Crippen molar-refractivity contribution in [3.63, 3.8) is 0 Å². The van der Waals surface area contributed by atoms with E-state index in [1.54, 1.807) is 43.4 Å². The molecule has 0 aromatic heterocycles. The van der Waals surface area contributed by atoms with Crippen LogP contribution in [0, 0.1) is 0 Å². The number of hydrogen-bond acceptors (Lipinski definition) is 6. The molecule has 4 rings (SSSR count). The van der Waals surface area contributed by atoms with Gasteiger partial charge in [-0.25, -0.2) is 18.0 Å². The Morgan fingerprint density at radius 3 is 2.26 bits per heavy atom. The molecule has 2 N–H and O–H groups in total. The van der Waals surface area contributed by atoms with Crippen LogP contribution in [0.2, 0.25) is 10.0 Å². The van der Waals surface area contributed by atoms with Crippen LogP contribution >= 0.6 is 23.2 Å². The minimum atomic E-state index is -4.18. The zero-order chi connectivity index (χ0) is 30.7. The van der Waals surface area contributed by atoms with Crippen molar-refractivity contribution in [3.05, 3.63) is 88.4 Å². The fourth-order valence-corrected chi connectivity index (χ4v) is 7.26. The van der Waals surface area contributed by atoms with Crippen molar-refractivity contribution in [3.8, 4) is 5.75 Å². The first kappa shape index (κ1) is 31.3. The number of carboxylic acid groups (broad SMARTS) is 1. The molecule has 0 bridgehead atoms. The highest BCUT2D eigenvalue weighted by Crippen LogP contribution is 2.36. The van der Waals surface area contributed by atoms with Gasteiger partial charge in [-0.05, 0) is 67.8 Å². The number of anilines is 1. The SMILES string of the molecule is CN(C(=O)Oc1ccc(CC(NC(=O)[C@]2(C)CCCN2S(=O)(=O)c2cc(Cl)cc(Cl)c2)C(=O)O)cc1)c1ccccc1. The van der Waals surface area contributed by atoms with Gasteiger partial charge in [-0.3, -0.25) is 9.69 Å². The molecule has 1 aliphatic heterocycles. The summed E-state index contributed by atoms with van der Waals surface area (Å²) in [5, 5.41) is 12.6. The van der Waals surface area contributed by atoms with E-state index in [2.05, 4.69) is 5.32 Å². The van der Waals surface area contributed by atoms with Gasteiger partial charge in [0.05, 0.1) is 4.90 Å². The van der Waals surface area contributed by atoms with Crippen molar-refractivity contribution in [1.82, 2.24) is 9.62 Å². The molecule has 2 atom stereocenters. The summed E-state index contributed by atoms with van der Waals surface area (Å²) in [5.41, 5.74) is -0.337. The van der Waals surface area contributed by atoms with Gasteiger partial charge in [-0.15, -0.1) is 0 Å². The lowest BCUT2D eigenvalue weighted by molar-refractivity contribution is -0.143. The van der Waals surface area contributed by atoms with Gasteiger partial charge in [-0.1, -0.05) is 53.5 Å². The molecule has 0 saturated carbocycles. The van der Waals surface area contributed by atoms with Gasteiger partial charge in [0, 0.05) is 35.7 Å². The van der Waals surface area contributed by atoms with Crippen LogP contribution in [0.3, 0.4) is 0 Å². The number of rotatable bonds is 9. The Morgan fingerprint density at radius 2 is 1.67 bits per heavy atom. The van der Waals surface area contributed by atoms with E-state index in [0.717, 1.165) is 4.31 Å². The molecule has 222 valence electrons. The third-order valence-corrected chi connectivity index (χ3v) is 9.51. The van der Waals surface area contributed by atoms with Crippen LogP contribution < -0.4 is 15.0 Å². The third-order valence-electron chi connectivity index (χ3n) is 7.08. The molecular weight excluding hydrogens is 605 g/mol. The van der Waals surface area contributed by atoms with Crippen molar-refractivity contribution < 1.29 is 32.6 Å². The minimum absolute atomic E-state index is 0.0633. The van der Waals surface area contributed by atoms with Gasteiger partial charge in [0.1, 0.15) is 17.3 Å². The third kappa shape index (κ3) is 6.87. The monoisotopic (exact) mass is 633 g/mol. The number of halogens is 2. The molecule has 13 heteroatoms. The van der Waals surface area contributed by atoms with Crippen molar-refractivity contribution in [2.75, 3.05) is 18.5 Å². The first-order chi connectivity index (χ1) is 19.8. The molecule has 0 spiro atoms. The smallest absolute Gasteiger partial charge is 0.419 e. The second kappa shape index (κ2) is 12.7. The minimum Gasteiger partial charge on any atom is -0.480 e. The van der Waals surface area contributed by atoms with Crippen molar-refractivity contribution in [2.45, 2.75) is 42.7 Å². The number of hydrogen-bond donors (Lipinski definition) is 2.